The number of benzene rings is 1. The van der Waals surface area contributed by atoms with Gasteiger partial charge in [0.25, 0.3) is 0 Å². The second kappa shape index (κ2) is 8.86. The van der Waals surface area contributed by atoms with E-state index in [9.17, 15) is 9.18 Å². The minimum absolute atomic E-state index is 0.0545. The van der Waals surface area contributed by atoms with Gasteiger partial charge in [0.2, 0.25) is 5.95 Å². The highest BCUT2D eigenvalue weighted by Crippen LogP contribution is 2.44. The van der Waals surface area contributed by atoms with Crippen LogP contribution >= 0.6 is 0 Å². The van der Waals surface area contributed by atoms with E-state index in [1.165, 1.54) is 19.2 Å². The Bertz CT molecular complexity index is 1400. The fourth-order valence-electron chi connectivity index (χ4n) is 5.80. The number of halogens is 2. The van der Waals surface area contributed by atoms with Crippen LogP contribution in [0.5, 0.6) is 0 Å². The molecule has 1 saturated carbocycles. The molecule has 0 spiro atoms. The average Bonchev–Trinajstić information content (AvgIpc) is 3.60. The number of rotatable bonds is 6. The van der Waals surface area contributed by atoms with Gasteiger partial charge in [-0.15, -0.1) is 0 Å². The van der Waals surface area contributed by atoms with Crippen LogP contribution in [0.4, 0.5) is 26.2 Å². The lowest BCUT2D eigenvalue weighted by Gasteiger charge is -2.42. The first-order valence-electron chi connectivity index (χ1n) is 12.9. The second-order valence-corrected chi connectivity index (χ2v) is 11.0. The molecule has 0 unspecified atom stereocenters. The number of tetrazole rings is 1. The number of aryl methyl sites for hydroxylation is 1. The number of piperidine rings is 1. The topological polar surface area (TPSA) is 106 Å². The van der Waals surface area contributed by atoms with Gasteiger partial charge in [0.1, 0.15) is 5.82 Å². The quantitative estimate of drug-likeness (QED) is 0.518. The summed E-state index contributed by atoms with van der Waals surface area (Å²) in [6, 6.07) is 3.50. The van der Waals surface area contributed by atoms with Crippen molar-refractivity contribution >= 4 is 17.5 Å². The van der Waals surface area contributed by atoms with E-state index < -0.39 is 17.3 Å². The van der Waals surface area contributed by atoms with Crippen molar-refractivity contribution in [3.8, 4) is 5.69 Å². The van der Waals surface area contributed by atoms with E-state index in [0.717, 1.165) is 60.6 Å². The van der Waals surface area contributed by atoms with Crippen molar-refractivity contribution in [2.75, 3.05) is 17.2 Å². The Morgan fingerprint density at radius 1 is 1.08 bits per heavy atom. The van der Waals surface area contributed by atoms with Crippen LogP contribution in [0.25, 0.3) is 5.69 Å². The lowest BCUT2D eigenvalue weighted by atomic mass is 9.97. The maximum atomic E-state index is 15.1. The predicted molar refractivity (Wildman–Crippen MR) is 134 cm³/mol. The van der Waals surface area contributed by atoms with Crippen molar-refractivity contribution in [2.45, 2.75) is 75.9 Å². The van der Waals surface area contributed by atoms with Gasteiger partial charge in [-0.05, 0) is 86.4 Å². The van der Waals surface area contributed by atoms with Gasteiger partial charge in [-0.2, -0.15) is 14.3 Å². The smallest absolute Gasteiger partial charge is 0.365 e. The molecule has 2 N–H and O–H groups in total. The van der Waals surface area contributed by atoms with E-state index in [2.05, 4.69) is 49.8 Å². The molecular weight excluding hydrogens is 480 g/mol. The summed E-state index contributed by atoms with van der Waals surface area (Å²) < 4.78 is 32.1. The normalized spacial score (nSPS) is 23.2. The number of fused-ring (bicyclic) bond motifs is 1. The van der Waals surface area contributed by atoms with Crippen molar-refractivity contribution < 1.29 is 8.78 Å². The number of aromatic nitrogens is 6. The molecule has 4 heterocycles. The molecule has 3 aliphatic rings. The molecule has 6 rings (SSSR count). The molecule has 2 aromatic heterocycles. The molecule has 0 amide bonds. The molecule has 10 nitrogen and oxygen atoms in total. The van der Waals surface area contributed by atoms with Gasteiger partial charge in [0, 0.05) is 31.2 Å². The molecule has 3 aromatic rings. The molecule has 196 valence electrons. The first-order valence-corrected chi connectivity index (χ1v) is 12.9. The number of nitrogens with zero attached hydrogens (tertiary/aromatic N) is 7. The number of anilines is 3. The van der Waals surface area contributed by atoms with E-state index >= 15 is 4.39 Å². The Labute approximate surface area is 213 Å². The monoisotopic (exact) mass is 511 g/mol. The minimum atomic E-state index is -0.559. The van der Waals surface area contributed by atoms with Gasteiger partial charge in [-0.1, -0.05) is 0 Å². The Morgan fingerprint density at radius 2 is 1.89 bits per heavy atom. The summed E-state index contributed by atoms with van der Waals surface area (Å²) in [6.45, 7) is 5.52. The molecule has 37 heavy (non-hydrogen) atoms. The largest absolute Gasteiger partial charge is 0.368 e. The van der Waals surface area contributed by atoms with Crippen molar-refractivity contribution in [2.24, 2.45) is 7.05 Å². The molecule has 3 fully saturated rings. The fraction of sp³-hybridized carbons (Fsp3) is 0.560. The summed E-state index contributed by atoms with van der Waals surface area (Å²) in [6.07, 6.45) is 7.02. The van der Waals surface area contributed by atoms with E-state index in [4.69, 9.17) is 0 Å². The number of hydrogen-bond acceptors (Lipinski definition) is 8. The minimum Gasteiger partial charge on any atom is -0.365 e. The molecule has 2 atom stereocenters. The first kappa shape index (κ1) is 24.0. The van der Waals surface area contributed by atoms with Crippen LogP contribution in [0.3, 0.4) is 0 Å². The maximum Gasteiger partial charge on any atom is 0.368 e. The van der Waals surface area contributed by atoms with Gasteiger partial charge in [-0.25, -0.2) is 18.6 Å². The highest BCUT2D eigenvalue weighted by atomic mass is 19.1. The molecule has 1 aliphatic carbocycles. The zero-order chi connectivity index (χ0) is 25.9. The Morgan fingerprint density at radius 3 is 2.62 bits per heavy atom. The predicted octanol–water partition coefficient (Wildman–Crippen LogP) is 3.47. The third-order valence-corrected chi connectivity index (χ3v) is 8.00. The van der Waals surface area contributed by atoms with Crippen molar-refractivity contribution in [3.63, 3.8) is 0 Å². The lowest BCUT2D eigenvalue weighted by molar-refractivity contribution is 0.0920. The van der Waals surface area contributed by atoms with E-state index in [-0.39, 0.29) is 35.0 Å². The summed E-state index contributed by atoms with van der Waals surface area (Å²) in [5.41, 5.74) is 1.00. The van der Waals surface area contributed by atoms with Gasteiger partial charge in [0.05, 0.1) is 17.6 Å². The van der Waals surface area contributed by atoms with Crippen LogP contribution < -0.4 is 16.3 Å². The first-order chi connectivity index (χ1) is 17.7. The summed E-state index contributed by atoms with van der Waals surface area (Å²) in [4.78, 5) is 23.4. The highest BCUT2D eigenvalue weighted by Gasteiger charge is 2.42. The van der Waals surface area contributed by atoms with Crippen LogP contribution in [-0.4, -0.2) is 58.8 Å². The van der Waals surface area contributed by atoms with Gasteiger partial charge >= 0.3 is 5.69 Å². The second-order valence-electron chi connectivity index (χ2n) is 11.0. The van der Waals surface area contributed by atoms with E-state index in [0.29, 0.717) is 17.3 Å². The Kier molecular flexibility index (Phi) is 5.74. The van der Waals surface area contributed by atoms with Gasteiger partial charge in [0.15, 0.2) is 11.6 Å². The zero-order valence-corrected chi connectivity index (χ0v) is 21.2. The molecule has 2 saturated heterocycles. The zero-order valence-electron chi connectivity index (χ0n) is 21.2. The maximum absolute atomic E-state index is 15.1. The molecule has 2 aliphatic heterocycles. The van der Waals surface area contributed by atoms with Crippen LogP contribution in [0.2, 0.25) is 0 Å². The van der Waals surface area contributed by atoms with E-state index in [1.807, 2.05) is 0 Å². The molecule has 0 bridgehead atoms. The average molecular weight is 512 g/mol. The summed E-state index contributed by atoms with van der Waals surface area (Å²) in [5.74, 6) is -0.757. The fourth-order valence-corrected chi connectivity index (χ4v) is 5.80. The third kappa shape index (κ3) is 4.47. The third-order valence-electron chi connectivity index (χ3n) is 8.00. The highest BCUT2D eigenvalue weighted by molar-refractivity contribution is 5.62. The van der Waals surface area contributed by atoms with Crippen LogP contribution in [0.1, 0.15) is 63.9 Å². The van der Waals surface area contributed by atoms with Crippen molar-refractivity contribution in [1.82, 2.24) is 34.7 Å². The number of hydrogen-bond donors (Lipinski definition) is 2. The van der Waals surface area contributed by atoms with Crippen LogP contribution in [-0.2, 0) is 7.05 Å². The van der Waals surface area contributed by atoms with Gasteiger partial charge < -0.3 is 10.6 Å². The SMILES string of the molecule is Cn1nnn(-c2cc(Nc3ncc(F)c(N[C@@H]4CCN5[C@@H](CCC5(C)C)C4)n3)c(F)cc2C2CC2)c1=O. The lowest BCUT2D eigenvalue weighted by Crippen LogP contribution is -2.50. The molecule has 12 heteroatoms. The van der Waals surface area contributed by atoms with Crippen molar-refractivity contribution in [1.29, 1.82) is 0 Å². The molecular formula is C25H31F2N9O. The summed E-state index contributed by atoms with van der Waals surface area (Å²) in [5, 5.41) is 13.8. The van der Waals surface area contributed by atoms with E-state index in [1.54, 1.807) is 0 Å². The Hall–Kier alpha value is -3.41. The van der Waals surface area contributed by atoms with Gasteiger partial charge in [-0.3, -0.25) is 4.90 Å². The summed E-state index contributed by atoms with van der Waals surface area (Å²) in [7, 11) is 1.50. The van der Waals surface area contributed by atoms with Crippen LogP contribution in [0.15, 0.2) is 23.1 Å². The Balaban J connectivity index is 1.24. The summed E-state index contributed by atoms with van der Waals surface area (Å²) >= 11 is 0. The number of nitrogens with one attached hydrogen (secondary N) is 2. The van der Waals surface area contributed by atoms with Crippen molar-refractivity contribution in [3.05, 3.63) is 46.0 Å². The molecule has 1 aromatic carbocycles. The molecule has 0 radical (unpaired) electrons. The standard InChI is InChI=1S/C25H31F2N9O/c1-25(2)8-6-16-10-15(7-9-35(16)25)29-22-19(27)13-28-23(31-22)30-20-12-21(36-24(37)34(3)32-33-36)17(11-18(20)26)14-4-5-14/h11-16H,4-10H2,1-3H3,(H2,28,29,30,31)/t15-,16+/m1/s1. The van der Waals surface area contributed by atoms with Crippen LogP contribution in [0, 0.1) is 11.6 Å².